The third-order valence-electron chi connectivity index (χ3n) is 3.54. The fourth-order valence-electron chi connectivity index (χ4n) is 2.36. The molecule has 0 aliphatic rings. The monoisotopic (exact) mass is 328 g/mol. The van der Waals surface area contributed by atoms with Crippen LogP contribution in [-0.2, 0) is 11.2 Å². The van der Waals surface area contributed by atoms with Gasteiger partial charge in [0.1, 0.15) is 17.2 Å². The summed E-state index contributed by atoms with van der Waals surface area (Å²) < 4.78 is 10.8. The number of carbonyl (C=O) groups is 2. The number of benzene rings is 2. The van der Waals surface area contributed by atoms with E-state index in [9.17, 15) is 9.59 Å². The second-order valence-electron chi connectivity index (χ2n) is 5.12. The summed E-state index contributed by atoms with van der Waals surface area (Å²) in [5.74, 6) is 0.251. The number of primary amides is 1. The molecule has 2 aromatic rings. The van der Waals surface area contributed by atoms with E-state index in [1.165, 1.54) is 14.2 Å². The van der Waals surface area contributed by atoms with Gasteiger partial charge in [0.2, 0.25) is 5.91 Å². The van der Waals surface area contributed by atoms with Gasteiger partial charge in [-0.25, -0.2) is 0 Å². The Morgan fingerprint density at radius 2 is 1.75 bits per heavy atom. The summed E-state index contributed by atoms with van der Waals surface area (Å²) in [6, 6.07) is 12.3. The standard InChI is InChI=1S/C18H20N2O4/c1-23-14-10-8-12(9-11-15(19)21)17(24-2)16(14)20-18(22)13-6-4-3-5-7-13/h3-8,10H,9,11H2,1-2H3,(H2,19,21)(H,20,22). The Hall–Kier alpha value is -3.02. The van der Waals surface area contributed by atoms with Crippen LogP contribution < -0.4 is 20.5 Å². The Kier molecular flexibility index (Phi) is 5.78. The van der Waals surface area contributed by atoms with Gasteiger partial charge in [0.15, 0.2) is 0 Å². The van der Waals surface area contributed by atoms with Gasteiger partial charge in [-0.2, -0.15) is 0 Å². The van der Waals surface area contributed by atoms with E-state index in [0.29, 0.717) is 29.2 Å². The second kappa shape index (κ2) is 8.01. The molecule has 126 valence electrons. The van der Waals surface area contributed by atoms with Crippen LogP contribution in [0.25, 0.3) is 0 Å². The number of amides is 2. The number of nitrogens with one attached hydrogen (secondary N) is 1. The maximum absolute atomic E-state index is 12.4. The van der Waals surface area contributed by atoms with Gasteiger partial charge < -0.3 is 20.5 Å². The van der Waals surface area contributed by atoms with Crippen molar-refractivity contribution in [2.75, 3.05) is 19.5 Å². The minimum absolute atomic E-state index is 0.189. The van der Waals surface area contributed by atoms with E-state index >= 15 is 0 Å². The molecule has 6 nitrogen and oxygen atoms in total. The van der Waals surface area contributed by atoms with Crippen LogP contribution in [0, 0.1) is 0 Å². The topological polar surface area (TPSA) is 90.7 Å². The first kappa shape index (κ1) is 17.3. The van der Waals surface area contributed by atoms with Gasteiger partial charge in [0.25, 0.3) is 5.91 Å². The predicted molar refractivity (Wildman–Crippen MR) is 91.5 cm³/mol. The summed E-state index contributed by atoms with van der Waals surface area (Å²) in [7, 11) is 3.01. The van der Waals surface area contributed by atoms with E-state index in [4.69, 9.17) is 15.2 Å². The fraction of sp³-hybridized carbons (Fsp3) is 0.222. The van der Waals surface area contributed by atoms with Crippen LogP contribution in [0.1, 0.15) is 22.3 Å². The highest BCUT2D eigenvalue weighted by Gasteiger charge is 2.18. The molecule has 2 amide bonds. The van der Waals surface area contributed by atoms with Crippen molar-refractivity contribution in [2.24, 2.45) is 5.73 Å². The molecule has 6 heteroatoms. The molecule has 0 heterocycles. The smallest absolute Gasteiger partial charge is 0.255 e. The van der Waals surface area contributed by atoms with E-state index in [2.05, 4.69) is 5.32 Å². The predicted octanol–water partition coefficient (Wildman–Crippen LogP) is 2.37. The number of hydrogen-bond acceptors (Lipinski definition) is 4. The highest BCUT2D eigenvalue weighted by molar-refractivity contribution is 6.06. The van der Waals surface area contributed by atoms with Crippen molar-refractivity contribution in [3.8, 4) is 11.5 Å². The summed E-state index contributed by atoms with van der Waals surface area (Å²) in [6.45, 7) is 0. The van der Waals surface area contributed by atoms with Crippen LogP contribution in [0.15, 0.2) is 42.5 Å². The van der Waals surface area contributed by atoms with Crippen molar-refractivity contribution in [1.82, 2.24) is 0 Å². The van der Waals surface area contributed by atoms with Crippen molar-refractivity contribution in [3.63, 3.8) is 0 Å². The van der Waals surface area contributed by atoms with Crippen molar-refractivity contribution in [1.29, 1.82) is 0 Å². The molecule has 0 unspecified atom stereocenters. The number of hydrogen-bond donors (Lipinski definition) is 2. The molecule has 0 saturated heterocycles. The molecule has 2 aromatic carbocycles. The quantitative estimate of drug-likeness (QED) is 0.816. The number of aryl methyl sites for hydroxylation is 1. The fourth-order valence-corrected chi connectivity index (χ4v) is 2.36. The number of methoxy groups -OCH3 is 2. The number of nitrogens with two attached hydrogens (primary N) is 1. The van der Waals surface area contributed by atoms with Gasteiger partial charge in [-0.1, -0.05) is 24.3 Å². The minimum atomic E-state index is -0.400. The number of anilines is 1. The summed E-state index contributed by atoms with van der Waals surface area (Å²) in [6.07, 6.45) is 0.603. The molecule has 0 aliphatic heterocycles. The SMILES string of the molecule is COc1ccc(CCC(N)=O)c(OC)c1NC(=O)c1ccccc1. The van der Waals surface area contributed by atoms with Crippen molar-refractivity contribution < 1.29 is 19.1 Å². The van der Waals surface area contributed by atoms with Crippen molar-refractivity contribution in [3.05, 3.63) is 53.6 Å². The molecule has 3 N–H and O–H groups in total. The summed E-state index contributed by atoms with van der Waals surface area (Å²) in [5, 5.41) is 2.82. The lowest BCUT2D eigenvalue weighted by Crippen LogP contribution is -2.15. The first-order valence-corrected chi connectivity index (χ1v) is 7.45. The van der Waals surface area contributed by atoms with Crippen LogP contribution in [0.3, 0.4) is 0 Å². The second-order valence-corrected chi connectivity index (χ2v) is 5.12. The molecule has 0 radical (unpaired) electrons. The van der Waals surface area contributed by atoms with E-state index in [-0.39, 0.29) is 12.3 Å². The van der Waals surface area contributed by atoms with Crippen LogP contribution in [0.2, 0.25) is 0 Å². The van der Waals surface area contributed by atoms with Crippen molar-refractivity contribution >= 4 is 17.5 Å². The lowest BCUT2D eigenvalue weighted by atomic mass is 10.1. The molecule has 0 atom stereocenters. The first-order valence-electron chi connectivity index (χ1n) is 7.45. The Labute approximate surface area is 140 Å². The van der Waals surface area contributed by atoms with Gasteiger partial charge in [0, 0.05) is 12.0 Å². The summed E-state index contributed by atoms with van der Waals surface area (Å²) in [4.78, 5) is 23.5. The number of rotatable bonds is 7. The largest absolute Gasteiger partial charge is 0.494 e. The zero-order valence-corrected chi connectivity index (χ0v) is 13.7. The van der Waals surface area contributed by atoms with Gasteiger partial charge in [-0.3, -0.25) is 9.59 Å². The Morgan fingerprint density at radius 3 is 2.33 bits per heavy atom. The lowest BCUT2D eigenvalue weighted by molar-refractivity contribution is -0.117. The number of carbonyl (C=O) groups excluding carboxylic acids is 2. The average Bonchev–Trinajstić information content (AvgIpc) is 2.60. The first-order chi connectivity index (χ1) is 11.6. The normalized spacial score (nSPS) is 10.1. The average molecular weight is 328 g/mol. The molecule has 0 aliphatic carbocycles. The summed E-state index contributed by atoms with van der Waals surface area (Å²) >= 11 is 0. The maximum Gasteiger partial charge on any atom is 0.255 e. The lowest BCUT2D eigenvalue weighted by Gasteiger charge is -2.17. The Morgan fingerprint density at radius 1 is 1.04 bits per heavy atom. The van der Waals surface area contributed by atoms with E-state index in [1.54, 1.807) is 36.4 Å². The van der Waals surface area contributed by atoms with Crippen LogP contribution in [0.4, 0.5) is 5.69 Å². The molecule has 24 heavy (non-hydrogen) atoms. The highest BCUT2D eigenvalue weighted by atomic mass is 16.5. The van der Waals surface area contributed by atoms with Gasteiger partial charge in [-0.05, 0) is 30.2 Å². The Balaban J connectivity index is 2.36. The van der Waals surface area contributed by atoms with Crippen LogP contribution in [0.5, 0.6) is 11.5 Å². The third kappa shape index (κ3) is 4.04. The molecular weight excluding hydrogens is 308 g/mol. The summed E-state index contributed by atoms with van der Waals surface area (Å²) in [5.41, 5.74) is 6.92. The van der Waals surface area contributed by atoms with Crippen LogP contribution in [-0.4, -0.2) is 26.0 Å². The molecule has 0 aromatic heterocycles. The molecule has 2 rings (SSSR count). The molecular formula is C18H20N2O4. The van der Waals surface area contributed by atoms with E-state index in [1.807, 2.05) is 6.07 Å². The van der Waals surface area contributed by atoms with Crippen molar-refractivity contribution in [2.45, 2.75) is 12.8 Å². The van der Waals surface area contributed by atoms with Crippen LogP contribution >= 0.6 is 0 Å². The molecule has 0 fully saturated rings. The van der Waals surface area contributed by atoms with Gasteiger partial charge >= 0.3 is 0 Å². The number of ether oxygens (including phenoxy) is 2. The maximum atomic E-state index is 12.4. The van der Waals surface area contributed by atoms with E-state index < -0.39 is 5.91 Å². The van der Waals surface area contributed by atoms with Gasteiger partial charge in [0.05, 0.1) is 14.2 Å². The molecule has 0 spiro atoms. The zero-order chi connectivity index (χ0) is 17.5. The Bertz CT molecular complexity index is 729. The highest BCUT2D eigenvalue weighted by Crippen LogP contribution is 2.38. The minimum Gasteiger partial charge on any atom is -0.494 e. The molecule has 0 saturated carbocycles. The van der Waals surface area contributed by atoms with E-state index in [0.717, 1.165) is 5.56 Å². The third-order valence-corrected chi connectivity index (χ3v) is 3.54. The molecule has 0 bridgehead atoms. The zero-order valence-electron chi connectivity index (χ0n) is 13.7. The van der Waals surface area contributed by atoms with Gasteiger partial charge in [-0.15, -0.1) is 0 Å².